The molecule has 3 heterocycles. The number of aromatic amines is 1. The summed E-state index contributed by atoms with van der Waals surface area (Å²) >= 11 is 3.44. The molecule has 2 aromatic rings. The van der Waals surface area contributed by atoms with E-state index in [0.29, 0.717) is 16.9 Å². The van der Waals surface area contributed by atoms with Crippen LogP contribution in [-0.4, -0.2) is 19.7 Å². The highest BCUT2D eigenvalue weighted by Gasteiger charge is 2.18. The number of fused-ring (bicyclic) bond motifs is 3. The van der Waals surface area contributed by atoms with E-state index in [4.69, 9.17) is 0 Å². The molecule has 1 aromatic heterocycles. The van der Waals surface area contributed by atoms with Gasteiger partial charge >= 0.3 is 0 Å². The highest BCUT2D eigenvalue weighted by molar-refractivity contribution is 9.10. The lowest BCUT2D eigenvalue weighted by Gasteiger charge is -2.02. The van der Waals surface area contributed by atoms with Crippen LogP contribution in [0.4, 0.5) is 0 Å². The van der Waals surface area contributed by atoms with Crippen LogP contribution >= 0.6 is 15.9 Å². The Bertz CT molecular complexity index is 974. The van der Waals surface area contributed by atoms with Crippen LogP contribution in [0.5, 0.6) is 0 Å². The van der Waals surface area contributed by atoms with Crippen LogP contribution in [-0.2, 0) is 0 Å². The molecule has 5 nitrogen and oxygen atoms in total. The van der Waals surface area contributed by atoms with Crippen molar-refractivity contribution in [1.82, 2.24) is 19.7 Å². The van der Waals surface area contributed by atoms with Crippen molar-refractivity contribution in [2.24, 2.45) is 0 Å². The smallest absolute Gasteiger partial charge is 0.282 e. The zero-order chi connectivity index (χ0) is 14.4. The van der Waals surface area contributed by atoms with Gasteiger partial charge in [-0.2, -0.15) is 9.78 Å². The average Bonchev–Trinajstić information content (AvgIpc) is 2.85. The van der Waals surface area contributed by atoms with Gasteiger partial charge in [-0.3, -0.25) is 9.78 Å². The van der Waals surface area contributed by atoms with Gasteiger partial charge in [0.15, 0.2) is 0 Å². The van der Waals surface area contributed by atoms with Crippen LogP contribution in [0.25, 0.3) is 27.8 Å². The number of nitrogens with one attached hydrogen (secondary N) is 1. The first-order chi connectivity index (χ1) is 10.2. The highest BCUT2D eigenvalue weighted by atomic mass is 79.9. The second-order valence-corrected chi connectivity index (χ2v) is 5.58. The lowest BCUT2D eigenvalue weighted by molar-refractivity contribution is 0.853. The third kappa shape index (κ3) is 1.87. The van der Waals surface area contributed by atoms with Gasteiger partial charge in [0, 0.05) is 27.8 Å². The fourth-order valence-corrected chi connectivity index (χ4v) is 2.75. The van der Waals surface area contributed by atoms with Gasteiger partial charge in [0.1, 0.15) is 5.69 Å². The number of aromatic nitrogens is 4. The summed E-state index contributed by atoms with van der Waals surface area (Å²) in [6.45, 7) is 0. The fourth-order valence-electron chi connectivity index (χ4n) is 2.39. The number of halogens is 1. The summed E-state index contributed by atoms with van der Waals surface area (Å²) in [5.41, 5.74) is 2.68. The second-order valence-electron chi connectivity index (χ2n) is 4.67. The largest absolute Gasteiger partial charge is 0.360 e. The Morgan fingerprint density at radius 2 is 2.14 bits per heavy atom. The van der Waals surface area contributed by atoms with E-state index in [9.17, 15) is 4.79 Å². The van der Waals surface area contributed by atoms with Crippen molar-refractivity contribution >= 4 is 26.8 Å². The lowest BCUT2D eigenvalue weighted by atomic mass is 10.1. The predicted octanol–water partition coefficient (Wildman–Crippen LogP) is 2.98. The summed E-state index contributed by atoms with van der Waals surface area (Å²) in [5, 5.41) is 5.38. The highest BCUT2D eigenvalue weighted by Crippen LogP contribution is 2.27. The van der Waals surface area contributed by atoms with Gasteiger partial charge < -0.3 is 4.98 Å². The zero-order valence-corrected chi connectivity index (χ0v) is 12.3. The summed E-state index contributed by atoms with van der Waals surface area (Å²) in [7, 11) is 0. The van der Waals surface area contributed by atoms with Crippen molar-refractivity contribution in [3.8, 4) is 16.9 Å². The lowest BCUT2D eigenvalue weighted by Crippen LogP contribution is -2.14. The van der Waals surface area contributed by atoms with Gasteiger partial charge in [-0.15, -0.1) is 0 Å². The quantitative estimate of drug-likeness (QED) is 0.579. The van der Waals surface area contributed by atoms with Crippen LogP contribution < -0.4 is 5.56 Å². The van der Waals surface area contributed by atoms with Gasteiger partial charge in [0.05, 0.1) is 17.4 Å². The number of hydrogen-bond acceptors (Lipinski definition) is 3. The summed E-state index contributed by atoms with van der Waals surface area (Å²) < 4.78 is 2.35. The Labute approximate surface area is 127 Å². The van der Waals surface area contributed by atoms with Crippen molar-refractivity contribution in [3.63, 3.8) is 0 Å². The third-order valence-electron chi connectivity index (χ3n) is 3.38. The molecule has 0 unspecified atom stereocenters. The maximum Gasteiger partial charge on any atom is 0.282 e. The molecule has 0 saturated carbocycles. The fraction of sp³-hybridized carbons (Fsp3) is 0. The third-order valence-corrected chi connectivity index (χ3v) is 3.87. The molecule has 0 bridgehead atoms. The number of pyridine rings is 2. The Morgan fingerprint density at radius 3 is 2.95 bits per heavy atom. The summed E-state index contributed by atoms with van der Waals surface area (Å²) in [6.07, 6.45) is 4.99. The Hall–Kier alpha value is -2.47. The first kappa shape index (κ1) is 12.3. The number of benzene rings is 1. The first-order valence-electron chi connectivity index (χ1n) is 6.34. The van der Waals surface area contributed by atoms with Crippen LogP contribution in [0, 0.1) is 0 Å². The molecule has 0 saturated heterocycles. The van der Waals surface area contributed by atoms with E-state index in [1.54, 1.807) is 24.7 Å². The number of hydrogen-bond donors (Lipinski definition) is 1. The minimum atomic E-state index is -0.154. The Kier molecular flexibility index (Phi) is 2.65. The first-order valence-corrected chi connectivity index (χ1v) is 7.13. The van der Waals surface area contributed by atoms with E-state index in [0.717, 1.165) is 15.4 Å². The van der Waals surface area contributed by atoms with Crippen LogP contribution in [0.1, 0.15) is 0 Å². The molecule has 2 aliphatic rings. The van der Waals surface area contributed by atoms with E-state index < -0.39 is 0 Å². The SMILES string of the molecule is O=c1c2c[nH]c3cc(Br)ccc3c-2nn1-c1cccnc1. The minimum absolute atomic E-state index is 0.154. The normalized spacial score (nSPS) is 11.3. The molecule has 0 radical (unpaired) electrons. The van der Waals surface area contributed by atoms with E-state index in [1.165, 1.54) is 4.68 Å². The van der Waals surface area contributed by atoms with Crippen LogP contribution in [0.3, 0.4) is 0 Å². The molecule has 1 N–H and O–H groups in total. The molecule has 1 aromatic carbocycles. The topological polar surface area (TPSA) is 63.6 Å². The van der Waals surface area contributed by atoms with Crippen LogP contribution in [0.2, 0.25) is 0 Å². The molecule has 21 heavy (non-hydrogen) atoms. The molecule has 0 amide bonds. The Morgan fingerprint density at radius 1 is 1.24 bits per heavy atom. The summed E-state index contributed by atoms with van der Waals surface area (Å²) in [4.78, 5) is 19.7. The molecule has 0 aliphatic carbocycles. The van der Waals surface area contributed by atoms with E-state index in [-0.39, 0.29) is 5.56 Å². The summed E-state index contributed by atoms with van der Waals surface area (Å²) in [6, 6.07) is 9.43. The maximum atomic E-state index is 12.5. The van der Waals surface area contributed by atoms with E-state index >= 15 is 0 Å². The van der Waals surface area contributed by atoms with Crippen molar-refractivity contribution < 1.29 is 0 Å². The predicted molar refractivity (Wildman–Crippen MR) is 83.8 cm³/mol. The van der Waals surface area contributed by atoms with Crippen molar-refractivity contribution in [3.05, 3.63) is 63.7 Å². The molecule has 0 atom stereocenters. The molecule has 2 aliphatic heterocycles. The average molecular weight is 341 g/mol. The van der Waals surface area contributed by atoms with Crippen LogP contribution in [0.15, 0.2) is 58.2 Å². The minimum Gasteiger partial charge on any atom is -0.360 e. The Balaban J connectivity index is 2.08. The van der Waals surface area contributed by atoms with E-state index in [2.05, 4.69) is 31.0 Å². The molecular weight excluding hydrogens is 332 g/mol. The number of rotatable bonds is 1. The molecule has 0 spiro atoms. The molecular formula is C15H9BrN4O. The van der Waals surface area contributed by atoms with Gasteiger partial charge in [-0.1, -0.05) is 15.9 Å². The van der Waals surface area contributed by atoms with Crippen molar-refractivity contribution in [2.45, 2.75) is 0 Å². The molecule has 6 heteroatoms. The maximum absolute atomic E-state index is 12.5. The van der Waals surface area contributed by atoms with Gasteiger partial charge in [-0.05, 0) is 30.3 Å². The summed E-state index contributed by atoms with van der Waals surface area (Å²) in [5.74, 6) is 0. The van der Waals surface area contributed by atoms with Gasteiger partial charge in [0.2, 0.25) is 0 Å². The standard InChI is InChI=1S/C15H9BrN4O/c16-9-3-4-11-13(6-9)18-8-12-14(11)19-20(15(12)21)10-2-1-5-17-7-10/h1-8,18H. The zero-order valence-electron chi connectivity index (χ0n) is 10.7. The monoisotopic (exact) mass is 340 g/mol. The van der Waals surface area contributed by atoms with Crippen molar-refractivity contribution in [1.29, 1.82) is 0 Å². The number of nitrogens with zero attached hydrogens (tertiary/aromatic N) is 3. The molecule has 102 valence electrons. The number of H-pyrrole nitrogens is 1. The second kappa shape index (κ2) is 4.53. The van der Waals surface area contributed by atoms with Gasteiger partial charge in [-0.25, -0.2) is 0 Å². The van der Waals surface area contributed by atoms with Crippen molar-refractivity contribution in [2.75, 3.05) is 0 Å². The molecule has 0 fully saturated rings. The van der Waals surface area contributed by atoms with Gasteiger partial charge in [0.25, 0.3) is 5.56 Å². The molecule has 4 rings (SSSR count). The van der Waals surface area contributed by atoms with E-state index in [1.807, 2.05) is 24.3 Å².